The Hall–Kier alpha value is -1.08. The molecule has 0 aromatic heterocycles. The molecule has 1 fully saturated rings. The molecule has 1 aromatic rings. The highest BCUT2D eigenvalue weighted by atomic mass is 32.2. The third-order valence-electron chi connectivity index (χ3n) is 3.34. The van der Waals surface area contributed by atoms with Crippen molar-refractivity contribution in [3.05, 3.63) is 30.3 Å². The van der Waals surface area contributed by atoms with Gasteiger partial charge in [-0.3, -0.25) is 9.69 Å². The van der Waals surface area contributed by atoms with Gasteiger partial charge in [0.2, 0.25) is 5.91 Å². The molecule has 6 heteroatoms. The zero-order valence-electron chi connectivity index (χ0n) is 12.2. The van der Waals surface area contributed by atoms with Gasteiger partial charge in [0.25, 0.3) is 0 Å². The topological polar surface area (TPSA) is 67.6 Å². The summed E-state index contributed by atoms with van der Waals surface area (Å²) in [6, 6.07) is 9.51. The van der Waals surface area contributed by atoms with E-state index in [0.29, 0.717) is 12.3 Å². The summed E-state index contributed by atoms with van der Waals surface area (Å²) in [7, 11) is 0. The Kier molecular flexibility index (Phi) is 7.02. The molecule has 0 bridgehead atoms. The van der Waals surface area contributed by atoms with Gasteiger partial charge in [-0.1, -0.05) is 18.2 Å². The SMILES string of the molecule is NC(CSc1ccccc1)C(=O)NCCN1CCOCC1. The quantitative estimate of drug-likeness (QED) is 0.720. The van der Waals surface area contributed by atoms with E-state index in [9.17, 15) is 4.79 Å². The lowest BCUT2D eigenvalue weighted by atomic mass is 10.3. The number of hydrogen-bond acceptors (Lipinski definition) is 5. The Labute approximate surface area is 130 Å². The van der Waals surface area contributed by atoms with Crippen molar-refractivity contribution < 1.29 is 9.53 Å². The molecule has 1 aliphatic heterocycles. The predicted octanol–water partition coefficient (Wildman–Crippen LogP) is 0.554. The highest BCUT2D eigenvalue weighted by Crippen LogP contribution is 2.17. The van der Waals surface area contributed by atoms with Crippen molar-refractivity contribution in [3.63, 3.8) is 0 Å². The molecule has 1 aliphatic rings. The summed E-state index contributed by atoms with van der Waals surface area (Å²) in [5, 5.41) is 2.91. The van der Waals surface area contributed by atoms with E-state index in [4.69, 9.17) is 10.5 Å². The molecule has 116 valence electrons. The maximum Gasteiger partial charge on any atom is 0.237 e. The number of hydrogen-bond donors (Lipinski definition) is 2. The number of nitrogens with one attached hydrogen (secondary N) is 1. The number of amides is 1. The van der Waals surface area contributed by atoms with Crippen molar-refractivity contribution in [2.45, 2.75) is 10.9 Å². The van der Waals surface area contributed by atoms with Crippen molar-refractivity contribution in [3.8, 4) is 0 Å². The van der Waals surface area contributed by atoms with Gasteiger partial charge in [-0.05, 0) is 12.1 Å². The first kappa shape index (κ1) is 16.3. The Morgan fingerprint density at radius 2 is 2.05 bits per heavy atom. The van der Waals surface area contributed by atoms with E-state index in [-0.39, 0.29) is 5.91 Å². The summed E-state index contributed by atoms with van der Waals surface area (Å²) in [5.41, 5.74) is 5.92. The summed E-state index contributed by atoms with van der Waals surface area (Å²) in [6.45, 7) is 4.93. The molecule has 5 nitrogen and oxygen atoms in total. The normalized spacial score (nSPS) is 17.4. The predicted molar refractivity (Wildman–Crippen MR) is 85.4 cm³/mol. The largest absolute Gasteiger partial charge is 0.379 e. The zero-order chi connectivity index (χ0) is 14.9. The van der Waals surface area contributed by atoms with E-state index in [1.807, 2.05) is 30.3 Å². The molecule has 1 heterocycles. The van der Waals surface area contributed by atoms with Crippen molar-refractivity contribution >= 4 is 17.7 Å². The number of carbonyl (C=O) groups excluding carboxylic acids is 1. The highest BCUT2D eigenvalue weighted by Gasteiger charge is 2.14. The Bertz CT molecular complexity index is 424. The second-order valence-corrected chi connectivity index (χ2v) is 6.07. The molecule has 1 atom stereocenters. The van der Waals surface area contributed by atoms with E-state index in [1.54, 1.807) is 11.8 Å². The molecular weight excluding hydrogens is 286 g/mol. The van der Waals surface area contributed by atoms with Crippen LogP contribution < -0.4 is 11.1 Å². The summed E-state index contributed by atoms with van der Waals surface area (Å²) >= 11 is 1.61. The van der Waals surface area contributed by atoms with E-state index in [0.717, 1.165) is 37.7 Å². The van der Waals surface area contributed by atoms with Crippen LogP contribution in [-0.4, -0.2) is 62.0 Å². The fraction of sp³-hybridized carbons (Fsp3) is 0.533. The number of nitrogens with two attached hydrogens (primary N) is 1. The van der Waals surface area contributed by atoms with E-state index in [1.165, 1.54) is 0 Å². The Morgan fingerprint density at radius 1 is 1.33 bits per heavy atom. The Balaban J connectivity index is 1.60. The minimum atomic E-state index is -0.472. The summed E-state index contributed by atoms with van der Waals surface area (Å²) < 4.78 is 5.29. The minimum absolute atomic E-state index is 0.0771. The van der Waals surface area contributed by atoms with Crippen molar-refractivity contribution in [1.82, 2.24) is 10.2 Å². The lowest BCUT2D eigenvalue weighted by Crippen LogP contribution is -2.46. The summed E-state index contributed by atoms with van der Waals surface area (Å²) in [4.78, 5) is 15.3. The number of thioether (sulfide) groups is 1. The van der Waals surface area contributed by atoms with Crippen molar-refractivity contribution in [2.24, 2.45) is 5.73 Å². The zero-order valence-corrected chi connectivity index (χ0v) is 13.0. The Morgan fingerprint density at radius 3 is 2.76 bits per heavy atom. The molecule has 3 N–H and O–H groups in total. The van der Waals surface area contributed by atoms with Gasteiger partial charge in [0, 0.05) is 36.8 Å². The first-order valence-corrected chi connectivity index (χ1v) is 8.25. The van der Waals surface area contributed by atoms with Crippen LogP contribution in [0.1, 0.15) is 0 Å². The minimum Gasteiger partial charge on any atom is -0.379 e. The van der Waals surface area contributed by atoms with Gasteiger partial charge < -0.3 is 15.8 Å². The van der Waals surface area contributed by atoms with Gasteiger partial charge in [0.1, 0.15) is 0 Å². The lowest BCUT2D eigenvalue weighted by molar-refractivity contribution is -0.121. The van der Waals surface area contributed by atoms with Crippen LogP contribution in [0.5, 0.6) is 0 Å². The summed E-state index contributed by atoms with van der Waals surface area (Å²) in [5.74, 6) is 0.514. The van der Waals surface area contributed by atoms with Crippen LogP contribution in [0.2, 0.25) is 0 Å². The molecule has 2 rings (SSSR count). The second kappa shape index (κ2) is 9.04. The molecule has 0 spiro atoms. The number of ether oxygens (including phenoxy) is 1. The van der Waals surface area contributed by atoms with Crippen LogP contribution in [-0.2, 0) is 9.53 Å². The highest BCUT2D eigenvalue weighted by molar-refractivity contribution is 7.99. The number of morpholine rings is 1. The maximum absolute atomic E-state index is 11.9. The van der Waals surface area contributed by atoms with Crippen LogP contribution in [0.25, 0.3) is 0 Å². The number of carbonyl (C=O) groups is 1. The first-order chi connectivity index (χ1) is 10.3. The second-order valence-electron chi connectivity index (χ2n) is 4.98. The standard InChI is InChI=1S/C15H23N3O2S/c16-14(12-21-13-4-2-1-3-5-13)15(19)17-6-7-18-8-10-20-11-9-18/h1-5,14H,6-12,16H2,(H,17,19). The third-order valence-corrected chi connectivity index (χ3v) is 4.47. The van der Waals surface area contributed by atoms with Gasteiger partial charge >= 0.3 is 0 Å². The van der Waals surface area contributed by atoms with Crippen LogP contribution in [0.15, 0.2) is 35.2 Å². The molecule has 1 saturated heterocycles. The van der Waals surface area contributed by atoms with Gasteiger partial charge in [-0.15, -0.1) is 11.8 Å². The van der Waals surface area contributed by atoms with Crippen LogP contribution in [0, 0.1) is 0 Å². The number of rotatable bonds is 7. The average molecular weight is 309 g/mol. The lowest BCUT2D eigenvalue weighted by Gasteiger charge is -2.26. The van der Waals surface area contributed by atoms with E-state index >= 15 is 0 Å². The monoisotopic (exact) mass is 309 g/mol. The van der Waals surface area contributed by atoms with E-state index < -0.39 is 6.04 Å². The number of nitrogens with zero attached hydrogens (tertiary/aromatic N) is 1. The molecular formula is C15H23N3O2S. The molecule has 1 amide bonds. The fourth-order valence-electron chi connectivity index (χ4n) is 2.07. The van der Waals surface area contributed by atoms with Crippen molar-refractivity contribution in [2.75, 3.05) is 45.1 Å². The molecule has 1 aromatic carbocycles. The molecule has 21 heavy (non-hydrogen) atoms. The van der Waals surface area contributed by atoms with Gasteiger partial charge in [0.15, 0.2) is 0 Å². The number of benzene rings is 1. The van der Waals surface area contributed by atoms with Gasteiger partial charge in [-0.25, -0.2) is 0 Å². The first-order valence-electron chi connectivity index (χ1n) is 7.27. The van der Waals surface area contributed by atoms with Crippen LogP contribution in [0.4, 0.5) is 0 Å². The van der Waals surface area contributed by atoms with Crippen molar-refractivity contribution in [1.29, 1.82) is 0 Å². The average Bonchev–Trinajstić information content (AvgIpc) is 2.54. The fourth-order valence-corrected chi connectivity index (χ4v) is 2.94. The van der Waals surface area contributed by atoms with Gasteiger partial charge in [0.05, 0.1) is 19.3 Å². The molecule has 0 aliphatic carbocycles. The third kappa shape index (κ3) is 6.05. The molecule has 0 saturated carbocycles. The van der Waals surface area contributed by atoms with Crippen LogP contribution >= 0.6 is 11.8 Å². The molecule has 0 radical (unpaired) electrons. The van der Waals surface area contributed by atoms with Gasteiger partial charge in [-0.2, -0.15) is 0 Å². The smallest absolute Gasteiger partial charge is 0.237 e. The maximum atomic E-state index is 11.9. The summed E-state index contributed by atoms with van der Waals surface area (Å²) in [6.07, 6.45) is 0. The van der Waals surface area contributed by atoms with Crippen LogP contribution in [0.3, 0.4) is 0 Å². The molecule has 1 unspecified atom stereocenters. The van der Waals surface area contributed by atoms with E-state index in [2.05, 4.69) is 10.2 Å².